The molecule has 37 heavy (non-hydrogen) atoms. The highest BCUT2D eigenvalue weighted by Crippen LogP contribution is 2.35. The van der Waals surface area contributed by atoms with Crippen molar-refractivity contribution in [3.8, 4) is 0 Å². The van der Waals surface area contributed by atoms with Crippen molar-refractivity contribution in [2.45, 2.75) is 112 Å². The quantitative estimate of drug-likeness (QED) is 0.0787. The standard InChI is InChI=1S/C28H55NO7S/c1-8-9-10-11-12-13-14-15-16-17-21-35-25(30)27(2,3)24-28(4,5)26(31)36-22-20-29(6,7)19-18-23-37(32,33)34/h8-24H2,1-7H3/p+1. The molecule has 0 saturated heterocycles. The largest absolute Gasteiger partial charge is 0.465 e. The highest BCUT2D eigenvalue weighted by Gasteiger charge is 2.41. The van der Waals surface area contributed by atoms with Crippen LogP contribution in [0.1, 0.15) is 112 Å². The third kappa shape index (κ3) is 18.7. The van der Waals surface area contributed by atoms with Crippen LogP contribution >= 0.6 is 0 Å². The normalized spacial score (nSPS) is 13.0. The molecule has 8 nitrogen and oxygen atoms in total. The Hall–Kier alpha value is -1.19. The van der Waals surface area contributed by atoms with Crippen molar-refractivity contribution in [2.24, 2.45) is 10.8 Å². The van der Waals surface area contributed by atoms with E-state index in [2.05, 4.69) is 6.92 Å². The van der Waals surface area contributed by atoms with E-state index in [1.165, 1.54) is 51.4 Å². The summed E-state index contributed by atoms with van der Waals surface area (Å²) in [4.78, 5) is 25.5. The third-order valence-electron chi connectivity index (χ3n) is 6.82. The number of ether oxygens (including phenoxy) is 2. The number of hydrogen-bond donors (Lipinski definition) is 1. The van der Waals surface area contributed by atoms with Gasteiger partial charge in [0.25, 0.3) is 10.1 Å². The zero-order chi connectivity index (χ0) is 28.6. The summed E-state index contributed by atoms with van der Waals surface area (Å²) < 4.78 is 42.2. The zero-order valence-electron chi connectivity index (χ0n) is 24.8. The van der Waals surface area contributed by atoms with Gasteiger partial charge in [0.05, 0.1) is 43.8 Å². The van der Waals surface area contributed by atoms with Gasteiger partial charge >= 0.3 is 11.9 Å². The van der Waals surface area contributed by atoms with Crippen molar-refractivity contribution in [2.75, 3.05) is 46.2 Å². The highest BCUT2D eigenvalue weighted by atomic mass is 32.2. The fourth-order valence-electron chi connectivity index (χ4n) is 4.57. The van der Waals surface area contributed by atoms with Gasteiger partial charge in [0, 0.05) is 6.42 Å². The molecular weight excluding hydrogens is 494 g/mol. The molecule has 0 bridgehead atoms. The Morgan fingerprint density at radius 1 is 0.703 bits per heavy atom. The number of rotatable bonds is 22. The van der Waals surface area contributed by atoms with Gasteiger partial charge in [-0.05, 0) is 40.5 Å². The maximum Gasteiger partial charge on any atom is 0.311 e. The van der Waals surface area contributed by atoms with Gasteiger partial charge in [-0.1, -0.05) is 64.7 Å². The van der Waals surface area contributed by atoms with Crippen LogP contribution in [0.2, 0.25) is 0 Å². The molecule has 0 radical (unpaired) electrons. The number of likely N-dealkylation sites (N-methyl/N-ethyl adjacent to an activating group) is 1. The van der Waals surface area contributed by atoms with Gasteiger partial charge in [-0.2, -0.15) is 8.42 Å². The topological polar surface area (TPSA) is 107 Å². The van der Waals surface area contributed by atoms with Crippen molar-refractivity contribution in [1.82, 2.24) is 0 Å². The summed E-state index contributed by atoms with van der Waals surface area (Å²) >= 11 is 0. The molecule has 0 aromatic rings. The van der Waals surface area contributed by atoms with Crippen molar-refractivity contribution in [3.63, 3.8) is 0 Å². The lowest BCUT2D eigenvalue weighted by Crippen LogP contribution is -2.44. The van der Waals surface area contributed by atoms with Gasteiger partial charge < -0.3 is 14.0 Å². The minimum Gasteiger partial charge on any atom is -0.465 e. The van der Waals surface area contributed by atoms with Crippen molar-refractivity contribution < 1.29 is 36.5 Å². The van der Waals surface area contributed by atoms with Gasteiger partial charge in [-0.25, -0.2) is 0 Å². The summed E-state index contributed by atoms with van der Waals surface area (Å²) in [6.07, 6.45) is 12.9. The van der Waals surface area contributed by atoms with Crippen LogP contribution in [-0.4, -0.2) is 75.5 Å². The lowest BCUT2D eigenvalue weighted by molar-refractivity contribution is -0.890. The van der Waals surface area contributed by atoms with E-state index >= 15 is 0 Å². The molecule has 220 valence electrons. The molecule has 0 aliphatic carbocycles. The van der Waals surface area contributed by atoms with Gasteiger partial charge in [-0.3, -0.25) is 14.1 Å². The molecule has 0 aromatic heterocycles. The minimum atomic E-state index is -3.97. The number of quaternary nitrogens is 1. The lowest BCUT2D eigenvalue weighted by Gasteiger charge is -2.33. The average Bonchev–Trinajstić information content (AvgIpc) is 2.75. The predicted octanol–water partition coefficient (Wildman–Crippen LogP) is 5.79. The summed E-state index contributed by atoms with van der Waals surface area (Å²) in [5, 5.41) is 0. The highest BCUT2D eigenvalue weighted by molar-refractivity contribution is 7.85. The Labute approximate surface area is 227 Å². The first kappa shape index (κ1) is 35.8. The maximum absolute atomic E-state index is 12.8. The Bertz CT molecular complexity index is 760. The van der Waals surface area contributed by atoms with E-state index in [-0.39, 0.29) is 24.3 Å². The van der Waals surface area contributed by atoms with Gasteiger partial charge in [0.1, 0.15) is 13.2 Å². The van der Waals surface area contributed by atoms with Crippen LogP contribution in [-0.2, 0) is 29.2 Å². The summed E-state index contributed by atoms with van der Waals surface area (Å²) in [5.41, 5.74) is -1.67. The predicted molar refractivity (Wildman–Crippen MR) is 149 cm³/mol. The van der Waals surface area contributed by atoms with E-state index in [9.17, 15) is 18.0 Å². The minimum absolute atomic E-state index is 0.185. The van der Waals surface area contributed by atoms with Crippen LogP contribution in [0.15, 0.2) is 0 Å². The number of nitrogens with zero attached hydrogens (tertiary/aromatic N) is 1. The SMILES string of the molecule is CCCCCCCCCCCCOC(=O)C(C)(C)CC(C)(C)C(=O)OCC[N+](C)(C)CCCS(=O)(=O)O. The molecule has 0 rings (SSSR count). The molecule has 0 saturated carbocycles. The molecular formula is C28H56NO7S+. The monoisotopic (exact) mass is 550 g/mol. The number of hydrogen-bond acceptors (Lipinski definition) is 6. The van der Waals surface area contributed by atoms with E-state index < -0.39 is 20.9 Å². The smallest absolute Gasteiger partial charge is 0.311 e. The first-order chi connectivity index (χ1) is 17.0. The molecule has 0 aliphatic heterocycles. The van der Waals surface area contributed by atoms with Crippen LogP contribution < -0.4 is 0 Å². The van der Waals surface area contributed by atoms with Crippen LogP contribution in [0, 0.1) is 10.8 Å². The van der Waals surface area contributed by atoms with Gasteiger partial charge in [0.2, 0.25) is 0 Å². The second kappa shape index (κ2) is 17.4. The summed E-state index contributed by atoms with van der Waals surface area (Å²) in [6, 6.07) is 0. The lowest BCUT2D eigenvalue weighted by atomic mass is 9.75. The van der Waals surface area contributed by atoms with Crippen molar-refractivity contribution >= 4 is 22.1 Å². The maximum atomic E-state index is 12.8. The first-order valence-corrected chi connectivity index (χ1v) is 15.7. The molecule has 0 fully saturated rings. The number of unbranched alkanes of at least 4 members (excludes halogenated alkanes) is 9. The second-order valence-electron chi connectivity index (χ2n) is 12.4. The molecule has 9 heteroatoms. The first-order valence-electron chi connectivity index (χ1n) is 14.1. The molecule has 1 N–H and O–H groups in total. The van der Waals surface area contributed by atoms with Gasteiger partial charge in [-0.15, -0.1) is 0 Å². The molecule has 0 unspecified atom stereocenters. The average molecular weight is 551 g/mol. The summed E-state index contributed by atoms with van der Waals surface area (Å²) in [5.74, 6) is -0.951. The second-order valence-corrected chi connectivity index (χ2v) is 14.0. The van der Waals surface area contributed by atoms with Crippen molar-refractivity contribution in [3.05, 3.63) is 0 Å². The Morgan fingerprint density at radius 3 is 1.59 bits per heavy atom. The zero-order valence-corrected chi connectivity index (χ0v) is 25.6. The number of esters is 2. The summed E-state index contributed by atoms with van der Waals surface area (Å²) in [6.45, 7) is 11.0. The number of carbonyl (C=O) groups is 2. The van der Waals surface area contributed by atoms with E-state index in [4.69, 9.17) is 14.0 Å². The van der Waals surface area contributed by atoms with E-state index in [0.717, 1.165) is 12.8 Å². The van der Waals surface area contributed by atoms with Crippen LogP contribution in [0.4, 0.5) is 0 Å². The molecule has 0 spiro atoms. The molecule has 0 aromatic carbocycles. The Balaban J connectivity index is 4.28. The molecule has 0 amide bonds. The fraction of sp³-hybridized carbons (Fsp3) is 0.929. The van der Waals surface area contributed by atoms with Crippen LogP contribution in [0.25, 0.3) is 0 Å². The molecule has 0 atom stereocenters. The van der Waals surface area contributed by atoms with Gasteiger partial charge in [0.15, 0.2) is 0 Å². The van der Waals surface area contributed by atoms with Crippen LogP contribution in [0.5, 0.6) is 0 Å². The van der Waals surface area contributed by atoms with Crippen LogP contribution in [0.3, 0.4) is 0 Å². The summed E-state index contributed by atoms with van der Waals surface area (Å²) in [7, 11) is -0.147. The number of carbonyl (C=O) groups excluding carboxylic acids is 2. The van der Waals surface area contributed by atoms with Crippen molar-refractivity contribution in [1.29, 1.82) is 0 Å². The third-order valence-corrected chi connectivity index (χ3v) is 7.62. The van der Waals surface area contributed by atoms with E-state index in [1.54, 1.807) is 27.7 Å². The van der Waals surface area contributed by atoms with E-state index in [1.807, 2.05) is 14.1 Å². The molecule has 0 aliphatic rings. The Kier molecular flexibility index (Phi) is 16.8. The molecule has 0 heterocycles. The van der Waals surface area contributed by atoms with E-state index in [0.29, 0.717) is 37.0 Å². The fourth-order valence-corrected chi connectivity index (χ4v) is 5.06. The Morgan fingerprint density at radius 2 is 1.14 bits per heavy atom.